The fraction of sp³-hybridized carbons (Fsp3) is 0.533. The highest BCUT2D eigenvalue weighted by atomic mass is 16.5. The number of hydrogen-bond donors (Lipinski definition) is 1. The average molecular weight is 295 g/mol. The van der Waals surface area contributed by atoms with Gasteiger partial charge in [-0.15, -0.1) is 0 Å². The third-order valence-corrected chi connectivity index (χ3v) is 3.01. The molecule has 0 fully saturated rings. The number of methoxy groups -OCH3 is 1. The van der Waals surface area contributed by atoms with Gasteiger partial charge in [-0.2, -0.15) is 0 Å². The van der Waals surface area contributed by atoms with E-state index in [1.807, 2.05) is 13.8 Å². The van der Waals surface area contributed by atoms with Gasteiger partial charge in [0.2, 0.25) is 0 Å². The first-order valence-electron chi connectivity index (χ1n) is 7.01. The van der Waals surface area contributed by atoms with E-state index in [4.69, 9.17) is 14.6 Å². The van der Waals surface area contributed by atoms with E-state index in [-0.39, 0.29) is 23.1 Å². The predicted molar refractivity (Wildman–Crippen MR) is 76.8 cm³/mol. The molecule has 1 rings (SSSR count). The summed E-state index contributed by atoms with van der Waals surface area (Å²) in [6.07, 6.45) is 4.53. The number of carboxylic acid groups (broad SMARTS) is 1. The molecule has 116 valence electrons. The van der Waals surface area contributed by atoms with Crippen molar-refractivity contribution in [2.24, 2.45) is 0 Å². The Balaban J connectivity index is 2.89. The van der Waals surface area contributed by atoms with Gasteiger partial charge in [0.05, 0.1) is 12.7 Å². The fourth-order valence-electron chi connectivity index (χ4n) is 2.00. The number of carboxylic acids is 1. The normalized spacial score (nSPS) is 10.5. The largest absolute Gasteiger partial charge is 0.494 e. The van der Waals surface area contributed by atoms with Crippen LogP contribution in [0, 0.1) is 0 Å². The van der Waals surface area contributed by atoms with Crippen LogP contribution in [0.1, 0.15) is 60.4 Å². The highest BCUT2D eigenvalue weighted by molar-refractivity contribution is 5.93. The maximum atomic E-state index is 12.1. The number of carbonyl (C=O) groups excluding carboxylic acids is 1. The predicted octanol–water partition coefficient (Wildman–Crippen LogP) is 2.91. The van der Waals surface area contributed by atoms with Crippen molar-refractivity contribution in [2.45, 2.75) is 45.6 Å². The Morgan fingerprint density at radius 1 is 1.29 bits per heavy atom. The van der Waals surface area contributed by atoms with Gasteiger partial charge in [0.25, 0.3) is 0 Å². The molecule has 0 aromatic carbocycles. The Hall–Kier alpha value is -2.11. The van der Waals surface area contributed by atoms with Crippen LogP contribution in [0.4, 0.5) is 0 Å². The third kappa shape index (κ3) is 4.73. The molecule has 0 aliphatic carbocycles. The molecule has 1 heterocycles. The summed E-state index contributed by atoms with van der Waals surface area (Å²) in [5.41, 5.74) is -0.0400. The minimum absolute atomic E-state index is 0.0412. The molecule has 0 radical (unpaired) electrons. The van der Waals surface area contributed by atoms with E-state index in [0.29, 0.717) is 0 Å². The van der Waals surface area contributed by atoms with Gasteiger partial charge >= 0.3 is 11.9 Å². The molecule has 21 heavy (non-hydrogen) atoms. The quantitative estimate of drug-likeness (QED) is 0.742. The summed E-state index contributed by atoms with van der Waals surface area (Å²) in [6.45, 7) is 4.06. The Morgan fingerprint density at radius 3 is 2.38 bits per heavy atom. The molecule has 1 N–H and O–H groups in total. The van der Waals surface area contributed by atoms with Crippen molar-refractivity contribution in [3.8, 4) is 5.75 Å². The molecule has 6 heteroatoms. The van der Waals surface area contributed by atoms with Gasteiger partial charge in [-0.25, -0.2) is 14.6 Å². The molecule has 0 aliphatic rings. The standard InChI is InChI=1S/C15H21NO5/c1-4-6-11(7-5-2)21-15(19)10-8-12(20-3)13(14(17)18)16-9-10/h8-9,11H,4-7H2,1-3H3,(H,17,18). The zero-order valence-corrected chi connectivity index (χ0v) is 12.6. The van der Waals surface area contributed by atoms with Gasteiger partial charge in [-0.05, 0) is 18.9 Å². The van der Waals surface area contributed by atoms with E-state index in [9.17, 15) is 9.59 Å². The van der Waals surface area contributed by atoms with Crippen LogP contribution < -0.4 is 4.74 Å². The number of pyridine rings is 1. The summed E-state index contributed by atoms with van der Waals surface area (Å²) in [5.74, 6) is -1.68. The van der Waals surface area contributed by atoms with Gasteiger partial charge in [-0.3, -0.25) is 0 Å². The van der Waals surface area contributed by atoms with Crippen LogP contribution in [0.2, 0.25) is 0 Å². The minimum atomic E-state index is -1.21. The van der Waals surface area contributed by atoms with E-state index >= 15 is 0 Å². The number of ether oxygens (including phenoxy) is 2. The van der Waals surface area contributed by atoms with Crippen molar-refractivity contribution in [2.75, 3.05) is 7.11 Å². The van der Waals surface area contributed by atoms with Gasteiger partial charge in [0.15, 0.2) is 11.4 Å². The van der Waals surface area contributed by atoms with Gasteiger partial charge in [0, 0.05) is 6.20 Å². The van der Waals surface area contributed by atoms with Crippen molar-refractivity contribution in [3.63, 3.8) is 0 Å². The molecule has 0 bridgehead atoms. The summed E-state index contributed by atoms with van der Waals surface area (Å²) in [7, 11) is 1.33. The Bertz CT molecular complexity index is 495. The van der Waals surface area contributed by atoms with Crippen molar-refractivity contribution in [1.82, 2.24) is 4.98 Å². The molecule has 0 spiro atoms. The highest BCUT2D eigenvalue weighted by Crippen LogP contribution is 2.19. The molecular formula is C15H21NO5. The molecule has 1 aromatic heterocycles. The molecule has 0 unspecified atom stereocenters. The van der Waals surface area contributed by atoms with Crippen molar-refractivity contribution in [1.29, 1.82) is 0 Å². The van der Waals surface area contributed by atoms with Crippen LogP contribution in [0.5, 0.6) is 5.75 Å². The van der Waals surface area contributed by atoms with E-state index < -0.39 is 11.9 Å². The number of aromatic nitrogens is 1. The van der Waals surface area contributed by atoms with Crippen LogP contribution in [0.3, 0.4) is 0 Å². The average Bonchev–Trinajstić information content (AvgIpc) is 2.46. The summed E-state index contributed by atoms with van der Waals surface area (Å²) >= 11 is 0. The van der Waals surface area contributed by atoms with Crippen molar-refractivity contribution >= 4 is 11.9 Å². The first-order chi connectivity index (χ1) is 10.0. The highest BCUT2D eigenvalue weighted by Gasteiger charge is 2.19. The van der Waals surface area contributed by atoms with Crippen LogP contribution in [-0.2, 0) is 4.74 Å². The second-order valence-corrected chi connectivity index (χ2v) is 4.68. The summed E-state index contributed by atoms with van der Waals surface area (Å²) in [4.78, 5) is 26.8. The summed E-state index contributed by atoms with van der Waals surface area (Å²) < 4.78 is 10.4. The van der Waals surface area contributed by atoms with Crippen LogP contribution in [0.25, 0.3) is 0 Å². The van der Waals surface area contributed by atoms with Crippen molar-refractivity contribution < 1.29 is 24.2 Å². The number of rotatable bonds is 8. The molecule has 6 nitrogen and oxygen atoms in total. The van der Waals surface area contributed by atoms with E-state index in [2.05, 4.69) is 4.98 Å². The van der Waals surface area contributed by atoms with Crippen LogP contribution >= 0.6 is 0 Å². The molecule has 0 amide bonds. The lowest BCUT2D eigenvalue weighted by Gasteiger charge is -2.16. The number of hydrogen-bond acceptors (Lipinski definition) is 5. The summed E-state index contributed by atoms with van der Waals surface area (Å²) in [6, 6.07) is 1.34. The lowest BCUT2D eigenvalue weighted by Crippen LogP contribution is -2.18. The molecule has 0 saturated heterocycles. The topological polar surface area (TPSA) is 85.7 Å². The molecule has 0 saturated carbocycles. The van der Waals surface area contributed by atoms with Gasteiger partial charge < -0.3 is 14.6 Å². The molecule has 0 aliphatic heterocycles. The van der Waals surface area contributed by atoms with Crippen LogP contribution in [0.15, 0.2) is 12.3 Å². The first kappa shape index (κ1) is 16.9. The molecule has 0 atom stereocenters. The van der Waals surface area contributed by atoms with E-state index in [1.54, 1.807) is 0 Å². The summed E-state index contributed by atoms with van der Waals surface area (Å²) in [5, 5.41) is 8.95. The van der Waals surface area contributed by atoms with Crippen LogP contribution in [-0.4, -0.2) is 35.2 Å². The third-order valence-electron chi connectivity index (χ3n) is 3.01. The number of esters is 1. The van der Waals surface area contributed by atoms with Gasteiger partial charge in [-0.1, -0.05) is 26.7 Å². The zero-order chi connectivity index (χ0) is 15.8. The second kappa shape index (κ2) is 8.24. The van der Waals surface area contributed by atoms with Gasteiger partial charge in [0.1, 0.15) is 6.10 Å². The maximum Gasteiger partial charge on any atom is 0.358 e. The molecular weight excluding hydrogens is 274 g/mol. The lowest BCUT2D eigenvalue weighted by molar-refractivity contribution is 0.0257. The van der Waals surface area contributed by atoms with E-state index in [0.717, 1.165) is 25.7 Å². The monoisotopic (exact) mass is 295 g/mol. The lowest BCUT2D eigenvalue weighted by atomic mass is 10.1. The number of aromatic carboxylic acids is 1. The number of carbonyl (C=O) groups is 2. The Morgan fingerprint density at radius 2 is 1.90 bits per heavy atom. The zero-order valence-electron chi connectivity index (χ0n) is 12.6. The number of nitrogens with zero attached hydrogens (tertiary/aromatic N) is 1. The van der Waals surface area contributed by atoms with E-state index in [1.165, 1.54) is 19.4 Å². The molecule has 1 aromatic rings. The van der Waals surface area contributed by atoms with Crippen molar-refractivity contribution in [3.05, 3.63) is 23.5 Å². The SMILES string of the molecule is CCCC(CCC)OC(=O)c1cnc(C(=O)O)c(OC)c1. The smallest absolute Gasteiger partial charge is 0.358 e. The Labute approximate surface area is 124 Å². The Kier molecular flexibility index (Phi) is 6.65. The fourth-order valence-corrected chi connectivity index (χ4v) is 2.00. The maximum absolute atomic E-state index is 12.1. The second-order valence-electron chi connectivity index (χ2n) is 4.68. The first-order valence-corrected chi connectivity index (χ1v) is 7.01. The minimum Gasteiger partial charge on any atom is -0.494 e.